The monoisotopic (exact) mass is 360 g/mol. The van der Waals surface area contributed by atoms with Crippen molar-refractivity contribution in [3.05, 3.63) is 51.7 Å². The van der Waals surface area contributed by atoms with Gasteiger partial charge in [0.1, 0.15) is 15.8 Å². The first-order valence-electron chi connectivity index (χ1n) is 7.85. The molecule has 2 aromatic heterocycles. The molecule has 0 aliphatic heterocycles. The maximum atomic E-state index is 6.50. The Balaban J connectivity index is 1.65. The summed E-state index contributed by atoms with van der Waals surface area (Å²) in [5.41, 5.74) is 1.40. The van der Waals surface area contributed by atoms with Gasteiger partial charge < -0.3 is 0 Å². The van der Waals surface area contributed by atoms with Crippen molar-refractivity contribution in [1.82, 2.24) is 9.97 Å². The lowest BCUT2D eigenvalue weighted by molar-refractivity contribution is 0.509. The number of aromatic nitrogens is 2. The molecule has 1 aliphatic carbocycles. The number of aryl methyl sites for hydroxylation is 1. The first kappa shape index (κ1) is 15.4. The van der Waals surface area contributed by atoms with E-state index < -0.39 is 0 Å². The molecule has 0 saturated heterocycles. The molecule has 0 radical (unpaired) electrons. The number of fused-ring (bicyclic) bond motifs is 3. The van der Waals surface area contributed by atoms with Gasteiger partial charge in [0, 0.05) is 9.77 Å². The number of halogens is 1. The number of hydrogen-bond donors (Lipinski definition) is 0. The number of hydrogen-bond acceptors (Lipinski definition) is 4. The minimum Gasteiger partial charge on any atom is -0.221 e. The van der Waals surface area contributed by atoms with E-state index in [1.807, 2.05) is 29.5 Å². The van der Waals surface area contributed by atoms with Crippen LogP contribution in [-0.2, 0) is 18.6 Å². The molecular weight excluding hydrogens is 344 g/mol. The smallest absolute Gasteiger partial charge is 0.142 e. The summed E-state index contributed by atoms with van der Waals surface area (Å²) in [5.74, 6) is 2.33. The van der Waals surface area contributed by atoms with Gasteiger partial charge in [0.2, 0.25) is 0 Å². The Morgan fingerprint density at radius 2 is 2.09 bits per heavy atom. The summed E-state index contributed by atoms with van der Waals surface area (Å²) in [6.07, 6.45) is 3.50. The molecule has 0 amide bonds. The normalized spacial score (nSPS) is 17.4. The second kappa shape index (κ2) is 6.42. The third-order valence-corrected chi connectivity index (χ3v) is 6.70. The third kappa shape index (κ3) is 3.12. The second-order valence-corrected chi connectivity index (χ2v) is 8.55. The molecule has 0 bridgehead atoms. The predicted octanol–water partition coefficient (Wildman–Crippen LogP) is 5.76. The third-order valence-electron chi connectivity index (χ3n) is 4.27. The van der Waals surface area contributed by atoms with Gasteiger partial charge in [-0.1, -0.05) is 36.7 Å². The second-order valence-electron chi connectivity index (χ2n) is 6.06. The molecule has 0 unspecified atom stereocenters. The van der Waals surface area contributed by atoms with Crippen molar-refractivity contribution in [2.75, 3.05) is 0 Å². The van der Waals surface area contributed by atoms with Crippen molar-refractivity contribution in [1.29, 1.82) is 0 Å². The zero-order valence-corrected chi connectivity index (χ0v) is 15.3. The van der Waals surface area contributed by atoms with Gasteiger partial charge in [0.25, 0.3) is 0 Å². The van der Waals surface area contributed by atoms with E-state index in [1.54, 1.807) is 11.8 Å². The molecule has 23 heavy (non-hydrogen) atoms. The zero-order valence-electron chi connectivity index (χ0n) is 12.9. The van der Waals surface area contributed by atoms with Gasteiger partial charge in [-0.2, -0.15) is 0 Å². The van der Waals surface area contributed by atoms with Gasteiger partial charge >= 0.3 is 0 Å². The van der Waals surface area contributed by atoms with Gasteiger partial charge in [0.05, 0.1) is 11.1 Å². The van der Waals surface area contributed by atoms with Crippen LogP contribution >= 0.6 is 34.7 Å². The van der Waals surface area contributed by atoms with Crippen molar-refractivity contribution in [3.63, 3.8) is 0 Å². The topological polar surface area (TPSA) is 25.8 Å². The van der Waals surface area contributed by atoms with Crippen LogP contribution < -0.4 is 0 Å². The molecule has 0 saturated carbocycles. The number of thiophene rings is 1. The summed E-state index contributed by atoms with van der Waals surface area (Å²) >= 11 is 10.1. The molecule has 2 heterocycles. The fraction of sp³-hybridized carbons (Fsp3) is 0.333. The standard InChI is InChI=1S/C18H17ClN2S2/c1-11-7-8-13-14(9-11)23-18-16(13)17(19)20-15(21-18)10-22-12-5-3-2-4-6-12/h2-6,11H,7-10H2,1H3/t11-/m1/s1. The van der Waals surface area contributed by atoms with E-state index in [9.17, 15) is 0 Å². The molecule has 0 N–H and O–H groups in total. The Bertz CT molecular complexity index is 845. The number of rotatable bonds is 3. The lowest BCUT2D eigenvalue weighted by Crippen LogP contribution is -2.08. The quantitative estimate of drug-likeness (QED) is 0.438. The fourth-order valence-electron chi connectivity index (χ4n) is 3.07. The van der Waals surface area contributed by atoms with Crippen LogP contribution in [0.5, 0.6) is 0 Å². The highest BCUT2D eigenvalue weighted by Crippen LogP contribution is 2.40. The largest absolute Gasteiger partial charge is 0.221 e. The van der Waals surface area contributed by atoms with Crippen molar-refractivity contribution in [3.8, 4) is 0 Å². The minimum atomic E-state index is 0.630. The molecule has 0 fully saturated rings. The van der Waals surface area contributed by atoms with Gasteiger partial charge in [-0.05, 0) is 42.9 Å². The summed E-state index contributed by atoms with van der Waals surface area (Å²) in [6, 6.07) is 10.3. The van der Waals surface area contributed by atoms with Crippen molar-refractivity contribution in [2.24, 2.45) is 5.92 Å². The van der Waals surface area contributed by atoms with E-state index in [1.165, 1.54) is 21.8 Å². The van der Waals surface area contributed by atoms with E-state index in [0.29, 0.717) is 5.15 Å². The maximum Gasteiger partial charge on any atom is 0.142 e. The SMILES string of the molecule is C[C@@H]1CCc2c(sc3nc(CSc4ccccc4)nc(Cl)c23)C1. The maximum absolute atomic E-state index is 6.50. The summed E-state index contributed by atoms with van der Waals surface area (Å²) in [6.45, 7) is 2.32. The lowest BCUT2D eigenvalue weighted by atomic mass is 9.89. The van der Waals surface area contributed by atoms with Crippen molar-refractivity contribution < 1.29 is 0 Å². The molecule has 4 rings (SSSR count). The van der Waals surface area contributed by atoms with Crippen LogP contribution in [-0.4, -0.2) is 9.97 Å². The highest BCUT2D eigenvalue weighted by Gasteiger charge is 2.23. The lowest BCUT2D eigenvalue weighted by Gasteiger charge is -2.17. The van der Waals surface area contributed by atoms with Crippen LogP contribution in [0.25, 0.3) is 10.2 Å². The summed E-state index contributed by atoms with van der Waals surface area (Å²) in [4.78, 5) is 13.1. The van der Waals surface area contributed by atoms with E-state index in [2.05, 4.69) is 24.0 Å². The average Bonchev–Trinajstić information content (AvgIpc) is 2.91. The highest BCUT2D eigenvalue weighted by molar-refractivity contribution is 7.98. The van der Waals surface area contributed by atoms with E-state index in [0.717, 1.165) is 40.6 Å². The van der Waals surface area contributed by atoms with Crippen LogP contribution in [0.3, 0.4) is 0 Å². The van der Waals surface area contributed by atoms with Crippen LogP contribution in [0.2, 0.25) is 5.15 Å². The summed E-state index contributed by atoms with van der Waals surface area (Å²) in [5, 5.41) is 1.73. The molecule has 1 aromatic carbocycles. The van der Waals surface area contributed by atoms with E-state index in [4.69, 9.17) is 16.6 Å². The first-order valence-corrected chi connectivity index (χ1v) is 10.0. The molecule has 1 atom stereocenters. The van der Waals surface area contributed by atoms with Crippen LogP contribution in [0.1, 0.15) is 29.6 Å². The van der Waals surface area contributed by atoms with Gasteiger partial charge in [-0.25, -0.2) is 9.97 Å². The summed E-state index contributed by atoms with van der Waals surface area (Å²) < 4.78 is 0. The Morgan fingerprint density at radius 1 is 1.26 bits per heavy atom. The van der Waals surface area contributed by atoms with E-state index >= 15 is 0 Å². The van der Waals surface area contributed by atoms with Crippen LogP contribution in [0.15, 0.2) is 35.2 Å². The Labute approximate surface area is 149 Å². The van der Waals surface area contributed by atoms with Crippen molar-refractivity contribution >= 4 is 44.9 Å². The number of benzene rings is 1. The van der Waals surface area contributed by atoms with Gasteiger partial charge in [-0.15, -0.1) is 23.1 Å². The fourth-order valence-corrected chi connectivity index (χ4v) is 5.60. The molecule has 3 aromatic rings. The van der Waals surface area contributed by atoms with Crippen LogP contribution in [0.4, 0.5) is 0 Å². The molecular formula is C18H17ClN2S2. The average molecular weight is 361 g/mol. The van der Waals surface area contributed by atoms with Gasteiger partial charge in [-0.3, -0.25) is 0 Å². The molecule has 1 aliphatic rings. The predicted molar refractivity (Wildman–Crippen MR) is 99.6 cm³/mol. The molecule has 5 heteroatoms. The molecule has 118 valence electrons. The number of thioether (sulfide) groups is 1. The van der Waals surface area contributed by atoms with E-state index in [-0.39, 0.29) is 0 Å². The van der Waals surface area contributed by atoms with Crippen LogP contribution in [0, 0.1) is 5.92 Å². The van der Waals surface area contributed by atoms with Gasteiger partial charge in [0.15, 0.2) is 0 Å². The minimum absolute atomic E-state index is 0.630. The Hall–Kier alpha value is -1.10. The van der Waals surface area contributed by atoms with Crippen molar-refractivity contribution in [2.45, 2.75) is 36.8 Å². The first-order chi connectivity index (χ1) is 11.2. The molecule has 0 spiro atoms. The summed E-state index contributed by atoms with van der Waals surface area (Å²) in [7, 11) is 0. The zero-order chi connectivity index (χ0) is 15.8. The Kier molecular flexibility index (Phi) is 4.31. The molecule has 2 nitrogen and oxygen atoms in total. The Morgan fingerprint density at radius 3 is 2.91 bits per heavy atom. The highest BCUT2D eigenvalue weighted by atomic mass is 35.5. The number of nitrogens with zero attached hydrogens (tertiary/aromatic N) is 2.